The molecule has 1 heterocycles. The summed E-state index contributed by atoms with van der Waals surface area (Å²) < 4.78 is 28.6. The molecule has 2 aromatic rings. The third-order valence-electron chi connectivity index (χ3n) is 6.76. The second kappa shape index (κ2) is 15.0. The van der Waals surface area contributed by atoms with E-state index in [0.717, 1.165) is 11.1 Å². The number of nitrogen functional groups attached to an aromatic ring is 1. The number of allylic oxidation sites excluding steroid dienone is 3. The van der Waals surface area contributed by atoms with Gasteiger partial charge in [-0.15, -0.1) is 0 Å². The molecule has 2 amide bonds. The van der Waals surface area contributed by atoms with Crippen LogP contribution >= 0.6 is 0 Å². The molecule has 3 atom stereocenters. The normalized spacial score (nSPS) is 17.1. The highest BCUT2D eigenvalue weighted by atomic mass is 32.2. The monoisotopic (exact) mass is 596 g/mol. The van der Waals surface area contributed by atoms with Crippen molar-refractivity contribution in [1.29, 1.82) is 5.41 Å². The highest BCUT2D eigenvalue weighted by Gasteiger charge is 2.27. The fourth-order valence-corrected chi connectivity index (χ4v) is 5.80. The van der Waals surface area contributed by atoms with E-state index in [9.17, 15) is 22.8 Å². The maximum atomic E-state index is 13.1. The molecule has 1 aliphatic rings. The third kappa shape index (κ3) is 10.6. The van der Waals surface area contributed by atoms with Crippen molar-refractivity contribution in [3.05, 3.63) is 89.3 Å². The number of nitrogens with zero attached hydrogens (tertiary/aromatic N) is 1. The van der Waals surface area contributed by atoms with Crippen molar-refractivity contribution in [1.82, 2.24) is 20.3 Å². The van der Waals surface area contributed by atoms with Crippen LogP contribution in [0.4, 0.5) is 0 Å². The summed E-state index contributed by atoms with van der Waals surface area (Å²) in [4.78, 5) is 40.5. The smallest absolute Gasteiger partial charge is 0.303 e. The van der Waals surface area contributed by atoms with Crippen LogP contribution in [-0.2, 0) is 37.4 Å². The van der Waals surface area contributed by atoms with Crippen molar-refractivity contribution in [2.45, 2.75) is 38.8 Å². The van der Waals surface area contributed by atoms with Crippen LogP contribution in [0.5, 0.6) is 0 Å². The molecule has 0 aliphatic heterocycles. The molecule has 224 valence electrons. The van der Waals surface area contributed by atoms with Crippen LogP contribution in [-0.4, -0.2) is 60.5 Å². The van der Waals surface area contributed by atoms with Crippen molar-refractivity contribution >= 4 is 33.6 Å². The summed E-state index contributed by atoms with van der Waals surface area (Å²) in [7, 11) is -3.97. The Balaban J connectivity index is 1.60. The highest BCUT2D eigenvalue weighted by molar-refractivity contribution is 7.89. The van der Waals surface area contributed by atoms with E-state index in [4.69, 9.17) is 16.2 Å². The van der Waals surface area contributed by atoms with E-state index in [1.54, 1.807) is 67.0 Å². The number of amidine groups is 1. The van der Waals surface area contributed by atoms with E-state index >= 15 is 0 Å². The van der Waals surface area contributed by atoms with Gasteiger partial charge >= 0.3 is 5.97 Å². The number of benzene rings is 1. The number of amides is 2. The number of hydrogen-bond donors (Lipinski definition) is 6. The van der Waals surface area contributed by atoms with Gasteiger partial charge in [0.15, 0.2) is 0 Å². The summed E-state index contributed by atoms with van der Waals surface area (Å²) in [6.45, 7) is 1.67. The molecule has 13 heteroatoms. The zero-order valence-corrected chi connectivity index (χ0v) is 24.1. The first-order valence-corrected chi connectivity index (χ1v) is 15.0. The summed E-state index contributed by atoms with van der Waals surface area (Å²) in [5.74, 6) is -2.86. The highest BCUT2D eigenvalue weighted by Crippen LogP contribution is 2.26. The Hall–Kier alpha value is -4.36. The Morgan fingerprint density at radius 2 is 1.76 bits per heavy atom. The van der Waals surface area contributed by atoms with E-state index in [1.807, 2.05) is 6.92 Å². The van der Waals surface area contributed by atoms with Gasteiger partial charge < -0.3 is 21.5 Å². The van der Waals surface area contributed by atoms with E-state index in [1.165, 1.54) is 0 Å². The van der Waals surface area contributed by atoms with Crippen molar-refractivity contribution in [2.75, 3.05) is 12.3 Å². The maximum Gasteiger partial charge on any atom is 0.303 e. The summed E-state index contributed by atoms with van der Waals surface area (Å²) in [5, 5.41) is 21.7. The molecule has 1 aromatic carbocycles. The van der Waals surface area contributed by atoms with Crippen LogP contribution in [0.15, 0.2) is 72.6 Å². The van der Waals surface area contributed by atoms with Crippen LogP contribution in [0.3, 0.4) is 0 Å². The van der Waals surface area contributed by atoms with Crippen LogP contribution in [0, 0.1) is 17.2 Å². The average molecular weight is 597 g/mol. The van der Waals surface area contributed by atoms with E-state index in [-0.39, 0.29) is 49.4 Å². The van der Waals surface area contributed by atoms with Crippen molar-refractivity contribution < 1.29 is 27.9 Å². The number of rotatable bonds is 15. The molecule has 0 bridgehead atoms. The molecule has 1 aromatic heterocycles. The van der Waals surface area contributed by atoms with Gasteiger partial charge in [0.2, 0.25) is 21.8 Å². The summed E-state index contributed by atoms with van der Waals surface area (Å²) >= 11 is 0. The fraction of sp³-hybridized carbons (Fsp3) is 0.345. The molecule has 0 fully saturated rings. The minimum absolute atomic E-state index is 0.0522. The first-order chi connectivity index (χ1) is 19.9. The van der Waals surface area contributed by atoms with Gasteiger partial charge in [0.25, 0.3) is 0 Å². The van der Waals surface area contributed by atoms with E-state index < -0.39 is 33.8 Å². The van der Waals surface area contributed by atoms with Gasteiger partial charge in [0, 0.05) is 24.5 Å². The van der Waals surface area contributed by atoms with Gasteiger partial charge in [-0.25, -0.2) is 13.1 Å². The van der Waals surface area contributed by atoms with Crippen LogP contribution in [0.2, 0.25) is 0 Å². The average Bonchev–Trinajstić information content (AvgIpc) is 2.94. The SMILES string of the molecule is CC1C=C(CS(=O)(=O)NC(CCc2ccncc2)C(=O)NCC(=O)NCc2ccc(C(=N)N)cc2)C=CC1CC(=O)O. The summed E-state index contributed by atoms with van der Waals surface area (Å²) in [6.07, 6.45) is 8.73. The lowest BCUT2D eigenvalue weighted by Gasteiger charge is -2.23. The first-order valence-electron chi connectivity index (χ1n) is 13.4. The Bertz CT molecular complexity index is 1440. The van der Waals surface area contributed by atoms with Crippen molar-refractivity contribution in [3.63, 3.8) is 0 Å². The number of nitrogens with one attached hydrogen (secondary N) is 4. The summed E-state index contributed by atoms with van der Waals surface area (Å²) in [6, 6.07) is 9.19. The Kier molecular flexibility index (Phi) is 11.5. The zero-order chi connectivity index (χ0) is 30.7. The number of sulfonamides is 1. The molecular weight excluding hydrogens is 560 g/mol. The number of carbonyl (C=O) groups is 3. The number of carboxylic acids is 1. The number of carboxylic acid groups (broad SMARTS) is 1. The van der Waals surface area contributed by atoms with Gasteiger partial charge in [-0.1, -0.05) is 49.4 Å². The quantitative estimate of drug-likeness (QED) is 0.130. The number of nitrogens with two attached hydrogens (primary N) is 1. The van der Waals surface area contributed by atoms with Crippen LogP contribution in [0.1, 0.15) is 36.5 Å². The number of aromatic nitrogens is 1. The number of hydrogen-bond acceptors (Lipinski definition) is 7. The van der Waals surface area contributed by atoms with Crippen LogP contribution in [0.25, 0.3) is 0 Å². The summed E-state index contributed by atoms with van der Waals surface area (Å²) in [5.41, 5.74) is 8.15. The minimum atomic E-state index is -3.97. The lowest BCUT2D eigenvalue weighted by molar-refractivity contribution is -0.138. The molecule has 0 radical (unpaired) electrons. The molecule has 12 nitrogen and oxygen atoms in total. The Morgan fingerprint density at radius 3 is 2.38 bits per heavy atom. The van der Waals surface area contributed by atoms with E-state index in [0.29, 0.717) is 17.6 Å². The lowest BCUT2D eigenvalue weighted by atomic mass is 9.85. The number of aryl methyl sites for hydroxylation is 1. The van der Waals surface area contributed by atoms with Crippen molar-refractivity contribution in [2.24, 2.45) is 17.6 Å². The second-order valence-corrected chi connectivity index (χ2v) is 11.9. The van der Waals surface area contributed by atoms with Gasteiger partial charge in [-0.2, -0.15) is 0 Å². The predicted octanol–water partition coefficient (Wildman–Crippen LogP) is 1.24. The van der Waals surface area contributed by atoms with E-state index in [2.05, 4.69) is 20.3 Å². The molecule has 0 spiro atoms. The molecule has 0 saturated carbocycles. The topological polar surface area (TPSA) is 204 Å². The van der Waals surface area contributed by atoms with Crippen LogP contribution < -0.4 is 21.1 Å². The van der Waals surface area contributed by atoms with Gasteiger partial charge in [-0.3, -0.25) is 24.8 Å². The third-order valence-corrected chi connectivity index (χ3v) is 8.12. The largest absolute Gasteiger partial charge is 0.481 e. The second-order valence-electron chi connectivity index (χ2n) is 10.2. The maximum absolute atomic E-state index is 13.1. The molecule has 7 N–H and O–H groups in total. The molecule has 3 rings (SSSR count). The van der Waals surface area contributed by atoms with Gasteiger partial charge in [-0.05, 0) is 53.5 Å². The van der Waals surface area contributed by atoms with Crippen molar-refractivity contribution in [3.8, 4) is 0 Å². The first kappa shape index (κ1) is 32.2. The Labute approximate surface area is 245 Å². The van der Waals surface area contributed by atoms with Gasteiger partial charge in [0.1, 0.15) is 11.9 Å². The number of aliphatic carboxylic acids is 1. The Morgan fingerprint density at radius 1 is 1.07 bits per heavy atom. The lowest BCUT2D eigenvalue weighted by Crippen LogP contribution is -2.49. The standard InChI is InChI=1S/C29H36N6O6S/c1-19-14-22(4-8-24(19)15-27(37)38)18-42(40,41)35-25(9-5-20-10-12-32-13-11-20)29(39)34-17-26(36)33-16-21-2-6-23(7-3-21)28(30)31/h2-4,6-8,10-14,19,24-25,35H,5,9,15-18H2,1H3,(H3,30,31)(H,33,36)(H,34,39)(H,37,38). The predicted molar refractivity (Wildman–Crippen MR) is 158 cm³/mol. The molecule has 3 unspecified atom stereocenters. The zero-order valence-electron chi connectivity index (χ0n) is 23.2. The number of carbonyl (C=O) groups excluding carboxylic acids is 2. The minimum Gasteiger partial charge on any atom is -0.481 e. The fourth-order valence-electron chi connectivity index (χ4n) is 4.43. The number of pyridine rings is 1. The molecule has 0 saturated heterocycles. The molecule has 1 aliphatic carbocycles. The molecular formula is C29H36N6O6S. The van der Waals surface area contributed by atoms with Gasteiger partial charge in [0.05, 0.1) is 18.7 Å². The molecule has 42 heavy (non-hydrogen) atoms.